The van der Waals surface area contributed by atoms with E-state index in [1.807, 2.05) is 0 Å². The normalized spacial score (nSPS) is 10.9. The third-order valence-corrected chi connectivity index (χ3v) is 1.58. The van der Waals surface area contributed by atoms with Gasteiger partial charge in [0.05, 0.1) is 21.1 Å². The van der Waals surface area contributed by atoms with Gasteiger partial charge >= 0.3 is 0 Å². The quantitative estimate of drug-likeness (QED) is 0.230. The van der Waals surface area contributed by atoms with Gasteiger partial charge in [0.1, 0.15) is 13.2 Å². The maximum Gasteiger partial charge on any atom is 0.284 e. The lowest BCUT2D eigenvalue weighted by molar-refractivity contribution is -0.0921. The first kappa shape index (κ1) is 15.4. The van der Waals surface area contributed by atoms with Gasteiger partial charge in [-0.3, -0.25) is 0 Å². The lowest BCUT2D eigenvalue weighted by Gasteiger charge is -1.96. The van der Waals surface area contributed by atoms with Crippen LogP contribution in [0.5, 0.6) is 0 Å². The van der Waals surface area contributed by atoms with Crippen LogP contribution in [0.25, 0.3) is 0 Å². The van der Waals surface area contributed by atoms with Crippen LogP contribution in [0.1, 0.15) is 39.5 Å². The molecule has 0 aliphatic heterocycles. The number of nitrogens with zero attached hydrogens (tertiary/aromatic N) is 4. The van der Waals surface area contributed by atoms with Crippen LogP contribution in [0, 0.1) is 0 Å². The van der Waals surface area contributed by atoms with E-state index < -0.39 is 0 Å². The standard InChI is InChI=1S/C9H20N4O4/c1-3-5-7-14-10-12-16-9-17-13-11-15-8-6-4-2/h3-9H2,1-2H3/b12-10+,13-11+. The Morgan fingerprint density at radius 2 is 1.06 bits per heavy atom. The van der Waals surface area contributed by atoms with Crippen LogP contribution < -0.4 is 0 Å². The molecule has 0 N–H and O–H groups in total. The second kappa shape index (κ2) is 14.4. The molecule has 0 aromatic rings. The molecular weight excluding hydrogens is 228 g/mol. The Kier molecular flexibility index (Phi) is 13.0. The van der Waals surface area contributed by atoms with Crippen molar-refractivity contribution in [2.75, 3.05) is 20.0 Å². The first-order chi connectivity index (χ1) is 8.41. The summed E-state index contributed by atoms with van der Waals surface area (Å²) in [4.78, 5) is 18.6. The zero-order chi connectivity index (χ0) is 12.6. The van der Waals surface area contributed by atoms with Crippen LogP contribution in [0.15, 0.2) is 21.1 Å². The van der Waals surface area contributed by atoms with Crippen LogP contribution in [0.2, 0.25) is 0 Å². The molecule has 0 radical (unpaired) electrons. The van der Waals surface area contributed by atoms with Crippen molar-refractivity contribution in [2.24, 2.45) is 21.1 Å². The van der Waals surface area contributed by atoms with Gasteiger partial charge in [-0.15, -0.1) is 0 Å². The van der Waals surface area contributed by atoms with Crippen LogP contribution in [0.4, 0.5) is 0 Å². The molecule has 0 aromatic carbocycles. The Bertz CT molecular complexity index is 181. The first-order valence-corrected chi connectivity index (χ1v) is 5.70. The lowest BCUT2D eigenvalue weighted by atomic mass is 10.4. The molecular formula is C9H20N4O4. The highest BCUT2D eigenvalue weighted by Crippen LogP contribution is 1.91. The van der Waals surface area contributed by atoms with Gasteiger partial charge in [-0.2, -0.15) is 0 Å². The summed E-state index contributed by atoms with van der Waals surface area (Å²) in [5, 5.41) is 13.0. The van der Waals surface area contributed by atoms with Crippen molar-refractivity contribution in [3.05, 3.63) is 0 Å². The van der Waals surface area contributed by atoms with Gasteiger partial charge in [0, 0.05) is 0 Å². The fourth-order valence-electron chi connectivity index (χ4n) is 0.664. The summed E-state index contributed by atoms with van der Waals surface area (Å²) in [6, 6.07) is 0. The van der Waals surface area contributed by atoms with E-state index in [-0.39, 0.29) is 6.79 Å². The second-order valence-electron chi connectivity index (χ2n) is 3.08. The molecule has 0 saturated carbocycles. The smallest absolute Gasteiger partial charge is 0.284 e. The predicted molar refractivity (Wildman–Crippen MR) is 58.5 cm³/mol. The van der Waals surface area contributed by atoms with Gasteiger partial charge < -0.3 is 19.4 Å². The molecule has 8 heteroatoms. The molecule has 0 aliphatic rings. The van der Waals surface area contributed by atoms with Crippen molar-refractivity contribution in [1.82, 2.24) is 0 Å². The largest absolute Gasteiger partial charge is 0.377 e. The van der Waals surface area contributed by atoms with Gasteiger partial charge in [0.15, 0.2) is 0 Å². The summed E-state index contributed by atoms with van der Waals surface area (Å²) in [5.41, 5.74) is 0. The highest BCUT2D eigenvalue weighted by molar-refractivity contribution is 4.27. The summed E-state index contributed by atoms with van der Waals surface area (Å²) in [7, 11) is 0. The minimum Gasteiger partial charge on any atom is -0.377 e. The van der Waals surface area contributed by atoms with Crippen molar-refractivity contribution in [3.63, 3.8) is 0 Å². The van der Waals surface area contributed by atoms with Gasteiger partial charge in [-0.25, -0.2) is 0 Å². The summed E-state index contributed by atoms with van der Waals surface area (Å²) in [6.45, 7) is 4.96. The molecule has 0 bridgehead atoms. The van der Waals surface area contributed by atoms with Crippen LogP contribution in [-0.4, -0.2) is 20.0 Å². The summed E-state index contributed by atoms with van der Waals surface area (Å²) in [5.74, 6) is 0. The van der Waals surface area contributed by atoms with E-state index in [0.29, 0.717) is 13.2 Å². The molecule has 0 rings (SSSR count). The van der Waals surface area contributed by atoms with E-state index >= 15 is 0 Å². The van der Waals surface area contributed by atoms with E-state index in [2.05, 4.69) is 44.6 Å². The Balaban J connectivity index is 3.11. The van der Waals surface area contributed by atoms with Gasteiger partial charge in [-0.05, 0) is 12.8 Å². The van der Waals surface area contributed by atoms with E-state index in [1.165, 1.54) is 0 Å². The molecule has 0 heterocycles. The zero-order valence-electron chi connectivity index (χ0n) is 10.4. The maximum atomic E-state index is 4.75. The highest BCUT2D eigenvalue weighted by atomic mass is 16.8. The Labute approximate surface area is 101 Å². The van der Waals surface area contributed by atoms with Crippen LogP contribution in [-0.2, 0) is 19.4 Å². The van der Waals surface area contributed by atoms with E-state index in [1.54, 1.807) is 0 Å². The van der Waals surface area contributed by atoms with Crippen LogP contribution in [0.3, 0.4) is 0 Å². The van der Waals surface area contributed by atoms with E-state index in [9.17, 15) is 0 Å². The summed E-state index contributed by atoms with van der Waals surface area (Å²) < 4.78 is 0. The minimum atomic E-state index is -0.193. The van der Waals surface area contributed by atoms with Gasteiger partial charge in [0.25, 0.3) is 6.79 Å². The minimum absolute atomic E-state index is 0.193. The molecule has 0 aliphatic carbocycles. The molecule has 0 spiro atoms. The molecule has 0 atom stereocenters. The molecule has 0 aromatic heterocycles. The third-order valence-electron chi connectivity index (χ3n) is 1.58. The highest BCUT2D eigenvalue weighted by Gasteiger charge is 1.85. The zero-order valence-corrected chi connectivity index (χ0v) is 10.4. The summed E-state index contributed by atoms with van der Waals surface area (Å²) in [6.07, 6.45) is 3.94. The number of rotatable bonds is 12. The topological polar surface area (TPSA) is 86.4 Å². The average molecular weight is 248 g/mol. The Hall–Kier alpha value is -1.60. The van der Waals surface area contributed by atoms with Crippen molar-refractivity contribution in [2.45, 2.75) is 39.5 Å². The Morgan fingerprint density at radius 3 is 1.47 bits per heavy atom. The lowest BCUT2D eigenvalue weighted by Crippen LogP contribution is -1.90. The molecule has 100 valence electrons. The van der Waals surface area contributed by atoms with Crippen molar-refractivity contribution < 1.29 is 19.4 Å². The van der Waals surface area contributed by atoms with Crippen molar-refractivity contribution in [1.29, 1.82) is 0 Å². The number of hydrogen-bond donors (Lipinski definition) is 0. The molecule has 0 unspecified atom stereocenters. The van der Waals surface area contributed by atoms with Crippen LogP contribution >= 0.6 is 0 Å². The first-order valence-electron chi connectivity index (χ1n) is 5.70. The molecule has 8 nitrogen and oxygen atoms in total. The van der Waals surface area contributed by atoms with Gasteiger partial charge in [-0.1, -0.05) is 26.7 Å². The second-order valence-corrected chi connectivity index (χ2v) is 3.08. The third kappa shape index (κ3) is 14.4. The average Bonchev–Trinajstić information content (AvgIpc) is 2.35. The molecule has 0 fully saturated rings. The SMILES string of the molecule is CCCCO/N=N/OCO/N=N/OCCCC. The fourth-order valence-corrected chi connectivity index (χ4v) is 0.664. The number of hydrogen-bond acceptors (Lipinski definition) is 8. The molecule has 0 saturated heterocycles. The maximum absolute atomic E-state index is 4.75. The van der Waals surface area contributed by atoms with Gasteiger partial charge in [0.2, 0.25) is 0 Å². The fraction of sp³-hybridized carbons (Fsp3) is 1.00. The molecule has 17 heavy (non-hydrogen) atoms. The monoisotopic (exact) mass is 248 g/mol. The summed E-state index contributed by atoms with van der Waals surface area (Å²) >= 11 is 0. The number of unbranched alkanes of at least 4 members (excludes halogenated alkanes) is 2. The van der Waals surface area contributed by atoms with E-state index in [4.69, 9.17) is 9.68 Å². The Morgan fingerprint density at radius 1 is 0.647 bits per heavy atom. The van der Waals surface area contributed by atoms with Crippen molar-refractivity contribution >= 4 is 0 Å². The van der Waals surface area contributed by atoms with Crippen molar-refractivity contribution in [3.8, 4) is 0 Å². The predicted octanol–water partition coefficient (Wildman–Crippen LogP) is 3.17. The van der Waals surface area contributed by atoms with E-state index in [0.717, 1.165) is 25.7 Å². The molecule has 0 amide bonds.